The maximum absolute atomic E-state index is 12.4. The molecule has 0 fully saturated rings. The number of nitrogens with two attached hydrogens (primary N) is 1. The third-order valence-electron chi connectivity index (χ3n) is 2.14. The van der Waals surface area contributed by atoms with Gasteiger partial charge in [0.15, 0.2) is 0 Å². The molecule has 5 nitrogen and oxygen atoms in total. The first-order chi connectivity index (χ1) is 8.49. The van der Waals surface area contributed by atoms with Crippen molar-refractivity contribution in [3.05, 3.63) is 5.82 Å². The van der Waals surface area contributed by atoms with Gasteiger partial charge in [0.25, 0.3) is 0 Å². The van der Waals surface area contributed by atoms with Gasteiger partial charge in [0, 0.05) is 31.7 Å². The van der Waals surface area contributed by atoms with Crippen LogP contribution in [0.15, 0.2) is 0 Å². The number of hydrogen-bond acceptors (Lipinski definition) is 6. The van der Waals surface area contributed by atoms with Gasteiger partial charge in [-0.1, -0.05) is 0 Å². The summed E-state index contributed by atoms with van der Waals surface area (Å²) in [5, 5.41) is 0.243. The van der Waals surface area contributed by atoms with Crippen molar-refractivity contribution in [3.63, 3.8) is 0 Å². The molecule has 9 heteroatoms. The molecule has 0 saturated heterocycles. The lowest BCUT2D eigenvalue weighted by Crippen LogP contribution is -2.29. The van der Waals surface area contributed by atoms with Crippen LogP contribution in [-0.2, 0) is 10.9 Å². The van der Waals surface area contributed by atoms with Crippen LogP contribution in [-0.4, -0.2) is 42.7 Å². The van der Waals surface area contributed by atoms with E-state index >= 15 is 0 Å². The van der Waals surface area contributed by atoms with Gasteiger partial charge in [0.1, 0.15) is 0 Å². The molecule has 18 heavy (non-hydrogen) atoms. The molecule has 0 aliphatic carbocycles. The maximum atomic E-state index is 12.4. The van der Waals surface area contributed by atoms with E-state index in [2.05, 4.69) is 9.36 Å². The first-order valence-electron chi connectivity index (χ1n) is 5.34. The lowest BCUT2D eigenvalue weighted by Gasteiger charge is -2.20. The summed E-state index contributed by atoms with van der Waals surface area (Å²) in [4.78, 5) is 5.20. The Morgan fingerprint density at radius 1 is 1.39 bits per heavy atom. The summed E-state index contributed by atoms with van der Waals surface area (Å²) in [6, 6.07) is 0. The molecule has 1 rings (SSSR count). The zero-order chi connectivity index (χ0) is 13.6. The van der Waals surface area contributed by atoms with Crippen molar-refractivity contribution in [1.29, 1.82) is 0 Å². The number of anilines is 1. The van der Waals surface area contributed by atoms with Gasteiger partial charge in [0.2, 0.25) is 11.0 Å². The van der Waals surface area contributed by atoms with Gasteiger partial charge in [-0.2, -0.15) is 22.5 Å². The van der Waals surface area contributed by atoms with Crippen LogP contribution in [0.5, 0.6) is 0 Å². The molecule has 1 aromatic heterocycles. The predicted octanol–water partition coefficient (Wildman–Crippen LogP) is 1.36. The van der Waals surface area contributed by atoms with Gasteiger partial charge in [0.05, 0.1) is 6.61 Å². The Labute approximate surface area is 107 Å². The molecule has 0 unspecified atom stereocenters. The standard InChI is InChI=1S/C9H15F3N4OS/c1-17-6-5-16(4-2-3-13)8-14-7(15-18-8)9(10,11)12/h2-6,13H2,1H3. The highest BCUT2D eigenvalue weighted by Gasteiger charge is 2.36. The number of nitrogens with zero attached hydrogens (tertiary/aromatic N) is 3. The van der Waals surface area contributed by atoms with E-state index in [0.717, 1.165) is 11.5 Å². The molecule has 0 saturated carbocycles. The van der Waals surface area contributed by atoms with Crippen LogP contribution in [0.25, 0.3) is 0 Å². The lowest BCUT2D eigenvalue weighted by molar-refractivity contribution is -0.144. The highest BCUT2D eigenvalue weighted by Crippen LogP contribution is 2.30. The Bertz CT molecular complexity index is 350. The van der Waals surface area contributed by atoms with E-state index in [1.807, 2.05) is 0 Å². The van der Waals surface area contributed by atoms with Gasteiger partial charge < -0.3 is 15.4 Å². The minimum Gasteiger partial charge on any atom is -0.383 e. The zero-order valence-electron chi connectivity index (χ0n) is 9.90. The van der Waals surface area contributed by atoms with Gasteiger partial charge in [-0.05, 0) is 13.0 Å². The number of rotatable bonds is 7. The Balaban J connectivity index is 2.74. The fraction of sp³-hybridized carbons (Fsp3) is 0.778. The molecule has 0 radical (unpaired) electrons. The van der Waals surface area contributed by atoms with Gasteiger partial charge in [-0.25, -0.2) is 0 Å². The van der Waals surface area contributed by atoms with Crippen LogP contribution in [0.1, 0.15) is 12.2 Å². The van der Waals surface area contributed by atoms with E-state index in [9.17, 15) is 13.2 Å². The average molecular weight is 284 g/mol. The van der Waals surface area contributed by atoms with E-state index in [-0.39, 0.29) is 5.13 Å². The first-order valence-corrected chi connectivity index (χ1v) is 6.11. The Morgan fingerprint density at radius 2 is 2.11 bits per heavy atom. The van der Waals surface area contributed by atoms with Gasteiger partial charge >= 0.3 is 6.18 Å². The monoisotopic (exact) mass is 284 g/mol. The third kappa shape index (κ3) is 4.39. The van der Waals surface area contributed by atoms with Crippen molar-refractivity contribution in [2.45, 2.75) is 12.6 Å². The largest absolute Gasteiger partial charge is 0.452 e. The summed E-state index contributed by atoms with van der Waals surface area (Å²) in [6.07, 6.45) is -3.83. The van der Waals surface area contributed by atoms with E-state index in [1.54, 1.807) is 4.90 Å². The Kier molecular flexibility index (Phi) is 5.76. The molecule has 1 aromatic rings. The van der Waals surface area contributed by atoms with E-state index in [4.69, 9.17) is 10.5 Å². The number of aromatic nitrogens is 2. The third-order valence-corrected chi connectivity index (χ3v) is 2.91. The molecule has 1 heterocycles. The summed E-state index contributed by atoms with van der Waals surface area (Å²) in [6.45, 7) is 1.87. The minimum atomic E-state index is -4.50. The molecule has 0 aromatic carbocycles. The van der Waals surface area contributed by atoms with Crippen LogP contribution in [0, 0.1) is 0 Å². The first kappa shape index (κ1) is 15.1. The second-order valence-electron chi connectivity index (χ2n) is 3.52. The molecule has 0 bridgehead atoms. The molecule has 2 N–H and O–H groups in total. The molecule has 104 valence electrons. The number of halogens is 3. The van der Waals surface area contributed by atoms with Crippen LogP contribution in [0.2, 0.25) is 0 Å². The molecular weight excluding hydrogens is 269 g/mol. The quantitative estimate of drug-likeness (QED) is 0.819. The average Bonchev–Trinajstić information content (AvgIpc) is 2.78. The fourth-order valence-corrected chi connectivity index (χ4v) is 1.98. The Hall–Kier alpha value is -0.930. The fourth-order valence-electron chi connectivity index (χ4n) is 1.25. The van der Waals surface area contributed by atoms with Crippen molar-refractivity contribution in [3.8, 4) is 0 Å². The van der Waals surface area contributed by atoms with Gasteiger partial charge in [-0.15, -0.1) is 0 Å². The molecule has 0 aliphatic rings. The summed E-state index contributed by atoms with van der Waals surface area (Å²) < 4.78 is 45.4. The molecule has 0 spiro atoms. The smallest absolute Gasteiger partial charge is 0.383 e. The Morgan fingerprint density at radius 3 is 2.61 bits per heavy atom. The van der Waals surface area contributed by atoms with Crippen LogP contribution in [0.4, 0.5) is 18.3 Å². The summed E-state index contributed by atoms with van der Waals surface area (Å²) in [5.74, 6) is -1.10. The predicted molar refractivity (Wildman–Crippen MR) is 62.7 cm³/mol. The maximum Gasteiger partial charge on any atom is 0.452 e. The van der Waals surface area contributed by atoms with Crippen molar-refractivity contribution < 1.29 is 17.9 Å². The van der Waals surface area contributed by atoms with Gasteiger partial charge in [-0.3, -0.25) is 0 Å². The molecular formula is C9H15F3N4OS. The van der Waals surface area contributed by atoms with Crippen LogP contribution < -0.4 is 10.6 Å². The van der Waals surface area contributed by atoms with Crippen molar-refractivity contribution in [1.82, 2.24) is 9.36 Å². The summed E-state index contributed by atoms with van der Waals surface area (Å²) >= 11 is 0.734. The summed E-state index contributed by atoms with van der Waals surface area (Å²) in [7, 11) is 1.53. The normalized spacial score (nSPS) is 11.8. The minimum absolute atomic E-state index is 0.243. The molecule has 0 aliphatic heterocycles. The van der Waals surface area contributed by atoms with E-state index in [0.29, 0.717) is 32.7 Å². The van der Waals surface area contributed by atoms with Crippen LogP contribution >= 0.6 is 11.5 Å². The lowest BCUT2D eigenvalue weighted by atomic mass is 10.4. The topological polar surface area (TPSA) is 64.3 Å². The second-order valence-corrected chi connectivity index (χ2v) is 4.25. The number of methoxy groups -OCH3 is 1. The molecule has 0 atom stereocenters. The van der Waals surface area contributed by atoms with E-state index in [1.165, 1.54) is 7.11 Å². The number of ether oxygens (including phenoxy) is 1. The number of alkyl halides is 3. The number of hydrogen-bond donors (Lipinski definition) is 1. The van der Waals surface area contributed by atoms with Crippen molar-refractivity contribution in [2.24, 2.45) is 5.73 Å². The highest BCUT2D eigenvalue weighted by molar-refractivity contribution is 7.09. The van der Waals surface area contributed by atoms with E-state index < -0.39 is 12.0 Å². The van der Waals surface area contributed by atoms with Crippen LogP contribution in [0.3, 0.4) is 0 Å². The molecule has 0 amide bonds. The zero-order valence-corrected chi connectivity index (χ0v) is 10.7. The highest BCUT2D eigenvalue weighted by atomic mass is 32.1. The van der Waals surface area contributed by atoms with Crippen molar-refractivity contribution >= 4 is 16.7 Å². The summed E-state index contributed by atoms with van der Waals surface area (Å²) in [5.41, 5.74) is 5.39. The van der Waals surface area contributed by atoms with Crippen molar-refractivity contribution in [2.75, 3.05) is 38.3 Å². The SMILES string of the molecule is COCCN(CCCN)c1nc(C(F)(F)F)ns1. The second kappa shape index (κ2) is 6.86.